The number of rotatable bonds is 3. The number of amides is 1. The van der Waals surface area contributed by atoms with Crippen molar-refractivity contribution in [3.05, 3.63) is 77.2 Å². The normalized spacial score (nSPS) is 13.2. The number of hydrogen-bond donors (Lipinski definition) is 2. The summed E-state index contributed by atoms with van der Waals surface area (Å²) in [5.41, 5.74) is 7.76. The molecule has 5 heteroatoms. The lowest BCUT2D eigenvalue weighted by Gasteiger charge is -2.19. The van der Waals surface area contributed by atoms with E-state index in [1.807, 2.05) is 18.2 Å². The molecule has 4 nitrogen and oxygen atoms in total. The second-order valence-electron chi connectivity index (χ2n) is 8.17. The summed E-state index contributed by atoms with van der Waals surface area (Å²) in [7, 11) is 0. The number of benzene rings is 1. The summed E-state index contributed by atoms with van der Waals surface area (Å²) in [4.78, 5) is 18.3. The largest absolute Gasteiger partial charge is 0.350 e. The summed E-state index contributed by atoms with van der Waals surface area (Å²) in [6.07, 6.45) is 13.5. The molecule has 0 bridgehead atoms. The summed E-state index contributed by atoms with van der Waals surface area (Å²) in [5, 5.41) is 4.91. The predicted octanol–water partition coefficient (Wildman–Crippen LogP) is 5.49. The number of nitrogens with one attached hydrogen (secondary N) is 1. The molecule has 0 radical (unpaired) electrons. The molecule has 0 saturated heterocycles. The molecular weight excluding hydrogens is 390 g/mol. The first-order chi connectivity index (χ1) is 14.4. The van der Waals surface area contributed by atoms with Crippen molar-refractivity contribution in [2.45, 2.75) is 32.6 Å². The molecule has 0 aliphatic heterocycles. The Labute approximate surface area is 182 Å². The van der Waals surface area contributed by atoms with Gasteiger partial charge in [0.2, 0.25) is 0 Å². The van der Waals surface area contributed by atoms with Crippen LogP contribution in [0, 0.1) is 0 Å². The minimum atomic E-state index is -0.0853. The molecule has 0 unspecified atom stereocenters. The van der Waals surface area contributed by atoms with Crippen LogP contribution in [0.3, 0.4) is 0 Å². The van der Waals surface area contributed by atoms with Crippen LogP contribution in [0.5, 0.6) is 0 Å². The molecule has 0 atom stereocenters. The highest BCUT2D eigenvalue weighted by atomic mass is 32.1. The molecule has 4 rings (SSSR count). The van der Waals surface area contributed by atoms with E-state index in [1.54, 1.807) is 0 Å². The van der Waals surface area contributed by atoms with Crippen molar-refractivity contribution in [3.63, 3.8) is 0 Å². The molecule has 2 aromatic heterocycles. The van der Waals surface area contributed by atoms with E-state index in [-0.39, 0.29) is 11.3 Å². The van der Waals surface area contributed by atoms with Crippen molar-refractivity contribution < 1.29 is 4.79 Å². The second kappa shape index (κ2) is 9.83. The zero-order chi connectivity index (χ0) is 21.6. The molecule has 1 aliphatic carbocycles. The number of nitrogens with zero attached hydrogens (tertiary/aromatic N) is 1. The molecule has 2 heterocycles. The van der Waals surface area contributed by atoms with E-state index in [1.165, 1.54) is 16.9 Å². The van der Waals surface area contributed by atoms with Crippen molar-refractivity contribution in [2.75, 3.05) is 13.1 Å². The molecule has 1 aliphatic rings. The van der Waals surface area contributed by atoms with Crippen molar-refractivity contribution in [1.29, 1.82) is 0 Å². The number of fused-ring (bicyclic) bond motifs is 2. The van der Waals surface area contributed by atoms with Crippen molar-refractivity contribution in [2.24, 2.45) is 5.73 Å². The number of pyridine rings is 1. The summed E-state index contributed by atoms with van der Waals surface area (Å²) in [5.74, 6) is -0.0853. The molecule has 156 valence electrons. The van der Waals surface area contributed by atoms with Crippen LogP contribution in [0.4, 0.5) is 0 Å². The molecule has 0 saturated carbocycles. The van der Waals surface area contributed by atoms with Crippen LogP contribution in [0.2, 0.25) is 0 Å². The zero-order valence-electron chi connectivity index (χ0n) is 17.8. The van der Waals surface area contributed by atoms with Gasteiger partial charge in [-0.3, -0.25) is 4.79 Å². The lowest BCUT2D eigenvalue weighted by molar-refractivity contribution is 0.0959. The minimum absolute atomic E-state index is 0.0853. The van der Waals surface area contributed by atoms with Gasteiger partial charge in [0.1, 0.15) is 4.83 Å². The van der Waals surface area contributed by atoms with E-state index in [2.05, 4.69) is 74.7 Å². The van der Waals surface area contributed by atoms with Crippen LogP contribution in [-0.4, -0.2) is 24.0 Å². The van der Waals surface area contributed by atoms with E-state index in [4.69, 9.17) is 10.7 Å². The van der Waals surface area contributed by atoms with Crippen molar-refractivity contribution in [1.82, 2.24) is 10.3 Å². The van der Waals surface area contributed by atoms with E-state index < -0.39 is 0 Å². The van der Waals surface area contributed by atoms with Gasteiger partial charge in [0, 0.05) is 23.9 Å². The van der Waals surface area contributed by atoms with Crippen LogP contribution in [0.1, 0.15) is 42.4 Å². The summed E-state index contributed by atoms with van der Waals surface area (Å²) >= 11 is 1.42. The van der Waals surface area contributed by atoms with Gasteiger partial charge in [0.25, 0.3) is 5.91 Å². The number of thiophene rings is 1. The third-order valence-electron chi connectivity index (χ3n) is 4.70. The standard InChI is InChI=1S/C18H21N3OS.C7H8/c1-18(2,3)13-4-5-14-11(9-13)8-12-10-15(23-17(12)21-14)16(22)20-7-6-19;1-2-4-6-7-5-3-1/h4-5,8-10H,6-7,19H2,1-3H3,(H,20,22);1-6H,7H2. The number of hydrogen-bond acceptors (Lipinski definition) is 4. The van der Waals surface area contributed by atoms with Crippen LogP contribution in [0.25, 0.3) is 21.1 Å². The Kier molecular flexibility index (Phi) is 7.19. The third-order valence-corrected chi connectivity index (χ3v) is 5.74. The van der Waals surface area contributed by atoms with Crippen LogP contribution < -0.4 is 11.1 Å². The Morgan fingerprint density at radius 2 is 1.80 bits per heavy atom. The second-order valence-corrected chi connectivity index (χ2v) is 9.20. The molecule has 3 aromatic rings. The lowest BCUT2D eigenvalue weighted by Crippen LogP contribution is -2.28. The molecule has 0 spiro atoms. The Balaban J connectivity index is 0.000000310. The topological polar surface area (TPSA) is 68.0 Å². The highest BCUT2D eigenvalue weighted by Crippen LogP contribution is 2.30. The third kappa shape index (κ3) is 5.65. The molecule has 0 fully saturated rings. The number of carbonyl (C=O) groups is 1. The van der Waals surface area contributed by atoms with Gasteiger partial charge < -0.3 is 11.1 Å². The van der Waals surface area contributed by atoms with Gasteiger partial charge in [0.15, 0.2) is 0 Å². The molecule has 1 amide bonds. The first-order valence-electron chi connectivity index (χ1n) is 10.2. The maximum Gasteiger partial charge on any atom is 0.261 e. The fourth-order valence-corrected chi connectivity index (χ4v) is 3.95. The summed E-state index contributed by atoms with van der Waals surface area (Å²) in [6, 6.07) is 10.4. The number of carbonyl (C=O) groups excluding carboxylic acids is 1. The van der Waals surface area contributed by atoms with Gasteiger partial charge in [-0.25, -0.2) is 4.98 Å². The predicted molar refractivity (Wildman–Crippen MR) is 129 cm³/mol. The van der Waals surface area contributed by atoms with Gasteiger partial charge in [-0.05, 0) is 41.7 Å². The fraction of sp³-hybridized carbons (Fsp3) is 0.280. The monoisotopic (exact) mass is 419 g/mol. The van der Waals surface area contributed by atoms with Crippen molar-refractivity contribution in [3.8, 4) is 0 Å². The fourth-order valence-electron chi connectivity index (χ4n) is 3.01. The summed E-state index contributed by atoms with van der Waals surface area (Å²) < 4.78 is 0. The number of aromatic nitrogens is 1. The van der Waals surface area contributed by atoms with Crippen LogP contribution >= 0.6 is 11.3 Å². The van der Waals surface area contributed by atoms with Gasteiger partial charge in [0.05, 0.1) is 10.4 Å². The van der Waals surface area contributed by atoms with Crippen LogP contribution in [-0.2, 0) is 5.41 Å². The Morgan fingerprint density at radius 1 is 1.07 bits per heavy atom. The van der Waals surface area contributed by atoms with Crippen molar-refractivity contribution >= 4 is 38.4 Å². The molecule has 3 N–H and O–H groups in total. The quantitative estimate of drug-likeness (QED) is 0.589. The molecule has 1 aromatic carbocycles. The summed E-state index contributed by atoms with van der Waals surface area (Å²) in [6.45, 7) is 7.52. The number of nitrogens with two attached hydrogens (primary N) is 1. The first kappa shape index (κ1) is 21.9. The zero-order valence-corrected chi connectivity index (χ0v) is 18.6. The minimum Gasteiger partial charge on any atom is -0.350 e. The maximum absolute atomic E-state index is 12.1. The highest BCUT2D eigenvalue weighted by molar-refractivity contribution is 7.20. The van der Waals surface area contributed by atoms with Gasteiger partial charge in [-0.2, -0.15) is 0 Å². The average molecular weight is 420 g/mol. The molecule has 30 heavy (non-hydrogen) atoms. The van der Waals surface area contributed by atoms with E-state index in [9.17, 15) is 4.79 Å². The van der Waals surface area contributed by atoms with Gasteiger partial charge >= 0.3 is 0 Å². The van der Waals surface area contributed by atoms with Crippen LogP contribution in [0.15, 0.2) is 66.8 Å². The van der Waals surface area contributed by atoms with E-state index in [0.717, 1.165) is 27.5 Å². The SMILES string of the molecule is C1=CC=CCC=C1.CC(C)(C)c1ccc2nc3sc(C(=O)NCCN)cc3cc2c1. The maximum atomic E-state index is 12.1. The smallest absolute Gasteiger partial charge is 0.261 e. The Hall–Kier alpha value is -2.76. The average Bonchev–Trinajstić information content (AvgIpc) is 2.91. The van der Waals surface area contributed by atoms with Gasteiger partial charge in [-0.15, -0.1) is 11.3 Å². The van der Waals surface area contributed by atoms with E-state index in [0.29, 0.717) is 18.0 Å². The first-order valence-corrected chi connectivity index (χ1v) is 11.0. The number of allylic oxidation sites excluding steroid dienone is 6. The Bertz CT molecular complexity index is 1100. The van der Waals surface area contributed by atoms with Gasteiger partial charge in [-0.1, -0.05) is 63.3 Å². The lowest BCUT2D eigenvalue weighted by atomic mass is 9.86. The highest BCUT2D eigenvalue weighted by Gasteiger charge is 2.15. The van der Waals surface area contributed by atoms with E-state index >= 15 is 0 Å². The molecular formula is C25H29N3OS. The Morgan fingerprint density at radius 3 is 2.47 bits per heavy atom.